The maximum absolute atomic E-state index is 4.72. The quantitative estimate of drug-likeness (QED) is 0.260. The minimum absolute atomic E-state index is 0.813. The molecule has 1 heterocycles. The van der Waals surface area contributed by atoms with Gasteiger partial charge in [-0.05, 0) is 33.0 Å². The molecule has 170 valence electrons. The highest BCUT2D eigenvalue weighted by atomic mass is 15.3. The zero-order valence-electron chi connectivity index (χ0n) is 19.6. The smallest absolute Gasteiger partial charge is 0.106 e. The molecule has 0 N–H and O–H groups in total. The van der Waals surface area contributed by atoms with Gasteiger partial charge in [-0.1, -0.05) is 140 Å². The lowest BCUT2D eigenvalue weighted by Crippen LogP contribution is -2.02. The lowest BCUT2D eigenvalue weighted by molar-refractivity contribution is 0.879. The minimum atomic E-state index is 0.813. The van der Waals surface area contributed by atoms with E-state index in [1.165, 1.54) is 0 Å². The lowest BCUT2D eigenvalue weighted by atomic mass is 9.86. The van der Waals surface area contributed by atoms with Crippen LogP contribution in [0, 0.1) is 0 Å². The molecule has 0 saturated heterocycles. The highest BCUT2D eigenvalue weighted by Crippen LogP contribution is 2.44. The van der Waals surface area contributed by atoms with Crippen molar-refractivity contribution >= 4 is 0 Å². The normalized spacial score (nSPS) is 10.8. The lowest BCUT2D eigenvalue weighted by Gasteiger charge is -2.19. The zero-order chi connectivity index (χ0) is 24.2. The van der Waals surface area contributed by atoms with Crippen LogP contribution in [0.1, 0.15) is 0 Å². The first kappa shape index (κ1) is 21.6. The molecule has 0 atom stereocenters. The van der Waals surface area contributed by atoms with Crippen LogP contribution in [-0.4, -0.2) is 15.4 Å². The summed E-state index contributed by atoms with van der Waals surface area (Å²) in [6.45, 7) is 0. The van der Waals surface area contributed by atoms with E-state index < -0.39 is 0 Å². The molecular formula is C33H23N3. The van der Waals surface area contributed by atoms with Crippen molar-refractivity contribution in [3.63, 3.8) is 0 Å². The van der Waals surface area contributed by atoms with Crippen molar-refractivity contribution in [1.29, 1.82) is 0 Å². The first-order valence-corrected chi connectivity index (χ1v) is 12.0. The molecular weight excluding hydrogens is 438 g/mol. The molecule has 0 amide bonds. The number of hydrogen-bond donors (Lipinski definition) is 0. The topological polar surface area (TPSA) is 38.7 Å². The molecule has 0 bridgehead atoms. The standard InChI is InChI=1S/C33H23N3/c1-5-14-24(15-6-1)28-22-13-23-29(25-16-7-2-8-17-25)31(28)33-30(26-18-9-3-10-19-26)32(34-36-35-33)27-20-11-4-12-21-27/h1-23H. The molecule has 0 aliphatic carbocycles. The average Bonchev–Trinajstić information content (AvgIpc) is 2.98. The molecule has 0 saturated carbocycles. The fourth-order valence-electron chi connectivity index (χ4n) is 4.70. The number of benzene rings is 5. The SMILES string of the molecule is c1ccc(-c2cccc(-c3ccccc3)c2-c2nnnc(-c3ccccc3)c2-c2ccccc2)cc1. The van der Waals surface area contributed by atoms with Crippen LogP contribution in [0.2, 0.25) is 0 Å². The predicted octanol–water partition coefficient (Wildman–Crippen LogP) is 8.21. The van der Waals surface area contributed by atoms with Gasteiger partial charge in [-0.25, -0.2) is 0 Å². The monoisotopic (exact) mass is 461 g/mol. The van der Waals surface area contributed by atoms with Gasteiger partial charge in [0.05, 0.1) is 0 Å². The molecule has 0 unspecified atom stereocenters. The van der Waals surface area contributed by atoms with Crippen LogP contribution in [0.3, 0.4) is 0 Å². The van der Waals surface area contributed by atoms with Gasteiger partial charge in [0.25, 0.3) is 0 Å². The molecule has 36 heavy (non-hydrogen) atoms. The molecule has 0 aliphatic rings. The van der Waals surface area contributed by atoms with Gasteiger partial charge in [0.2, 0.25) is 0 Å². The number of hydrogen-bond acceptors (Lipinski definition) is 3. The van der Waals surface area contributed by atoms with Crippen molar-refractivity contribution in [1.82, 2.24) is 15.4 Å². The van der Waals surface area contributed by atoms with Crippen molar-refractivity contribution in [3.05, 3.63) is 140 Å². The Morgan fingerprint density at radius 2 is 0.722 bits per heavy atom. The minimum Gasteiger partial charge on any atom is -0.129 e. The maximum atomic E-state index is 4.72. The first-order chi connectivity index (χ1) is 17.9. The van der Waals surface area contributed by atoms with E-state index in [1.54, 1.807) is 0 Å². The Hall–Kier alpha value is -4.89. The first-order valence-electron chi connectivity index (χ1n) is 12.0. The van der Waals surface area contributed by atoms with Gasteiger partial charge in [-0.2, -0.15) is 0 Å². The zero-order valence-corrected chi connectivity index (χ0v) is 19.6. The molecule has 6 rings (SSSR count). The van der Waals surface area contributed by atoms with E-state index in [2.05, 4.69) is 113 Å². The maximum Gasteiger partial charge on any atom is 0.106 e. The summed E-state index contributed by atoms with van der Waals surface area (Å²) in [5.74, 6) is 0. The van der Waals surface area contributed by atoms with Gasteiger partial charge in [0, 0.05) is 16.7 Å². The van der Waals surface area contributed by atoms with Crippen molar-refractivity contribution < 1.29 is 0 Å². The third-order valence-corrected chi connectivity index (χ3v) is 6.34. The summed E-state index contributed by atoms with van der Waals surface area (Å²) in [6.07, 6.45) is 0. The number of nitrogens with zero attached hydrogens (tertiary/aromatic N) is 3. The summed E-state index contributed by atoms with van der Waals surface area (Å²) < 4.78 is 0. The summed E-state index contributed by atoms with van der Waals surface area (Å²) in [5, 5.41) is 13.6. The van der Waals surface area contributed by atoms with E-state index in [0.717, 1.165) is 55.9 Å². The fourth-order valence-corrected chi connectivity index (χ4v) is 4.70. The third kappa shape index (κ3) is 4.08. The third-order valence-electron chi connectivity index (χ3n) is 6.34. The Morgan fingerprint density at radius 3 is 1.22 bits per heavy atom. The van der Waals surface area contributed by atoms with E-state index in [0.29, 0.717) is 0 Å². The van der Waals surface area contributed by atoms with Gasteiger partial charge < -0.3 is 0 Å². The molecule has 5 aromatic carbocycles. The van der Waals surface area contributed by atoms with Crippen LogP contribution < -0.4 is 0 Å². The second-order valence-electron chi connectivity index (χ2n) is 8.55. The van der Waals surface area contributed by atoms with E-state index in [-0.39, 0.29) is 0 Å². The van der Waals surface area contributed by atoms with E-state index in [9.17, 15) is 0 Å². The second kappa shape index (κ2) is 9.77. The Kier molecular flexibility index (Phi) is 5.87. The van der Waals surface area contributed by atoms with E-state index in [1.807, 2.05) is 36.4 Å². The molecule has 3 heteroatoms. The largest absolute Gasteiger partial charge is 0.129 e. The van der Waals surface area contributed by atoms with Crippen LogP contribution in [0.15, 0.2) is 140 Å². The van der Waals surface area contributed by atoms with Crippen molar-refractivity contribution in [2.75, 3.05) is 0 Å². The molecule has 3 nitrogen and oxygen atoms in total. The van der Waals surface area contributed by atoms with Crippen LogP contribution in [0.4, 0.5) is 0 Å². The summed E-state index contributed by atoms with van der Waals surface area (Å²) in [5.41, 5.74) is 10.2. The summed E-state index contributed by atoms with van der Waals surface area (Å²) in [4.78, 5) is 0. The van der Waals surface area contributed by atoms with Crippen molar-refractivity contribution in [3.8, 4) is 55.9 Å². The summed E-state index contributed by atoms with van der Waals surface area (Å²) >= 11 is 0. The van der Waals surface area contributed by atoms with Crippen molar-refractivity contribution in [2.45, 2.75) is 0 Å². The van der Waals surface area contributed by atoms with Crippen LogP contribution in [0.25, 0.3) is 55.9 Å². The van der Waals surface area contributed by atoms with E-state index >= 15 is 0 Å². The number of aromatic nitrogens is 3. The second-order valence-corrected chi connectivity index (χ2v) is 8.55. The van der Waals surface area contributed by atoms with Gasteiger partial charge in [-0.3, -0.25) is 0 Å². The average molecular weight is 462 g/mol. The van der Waals surface area contributed by atoms with Crippen LogP contribution in [-0.2, 0) is 0 Å². The molecule has 0 aliphatic heterocycles. The number of rotatable bonds is 5. The Bertz CT molecular complexity index is 1540. The van der Waals surface area contributed by atoms with Crippen molar-refractivity contribution in [2.24, 2.45) is 0 Å². The Morgan fingerprint density at radius 1 is 0.306 bits per heavy atom. The van der Waals surface area contributed by atoms with Gasteiger partial charge in [-0.15, -0.1) is 10.2 Å². The van der Waals surface area contributed by atoms with Gasteiger partial charge >= 0.3 is 0 Å². The highest BCUT2D eigenvalue weighted by molar-refractivity contribution is 6.00. The molecule has 0 radical (unpaired) electrons. The van der Waals surface area contributed by atoms with Crippen LogP contribution in [0.5, 0.6) is 0 Å². The predicted molar refractivity (Wildman–Crippen MR) is 147 cm³/mol. The molecule has 0 fully saturated rings. The van der Waals surface area contributed by atoms with Gasteiger partial charge in [0.1, 0.15) is 11.4 Å². The summed E-state index contributed by atoms with van der Waals surface area (Å²) in [7, 11) is 0. The van der Waals surface area contributed by atoms with Crippen LogP contribution >= 0.6 is 0 Å². The Labute approximate surface area is 210 Å². The molecule has 1 aromatic heterocycles. The Balaban J connectivity index is 1.73. The van der Waals surface area contributed by atoms with Gasteiger partial charge in [0.15, 0.2) is 0 Å². The molecule has 6 aromatic rings. The molecule has 0 spiro atoms. The summed E-state index contributed by atoms with van der Waals surface area (Å²) in [6, 6.07) is 47.9. The highest BCUT2D eigenvalue weighted by Gasteiger charge is 2.23. The fraction of sp³-hybridized carbons (Fsp3) is 0. The van der Waals surface area contributed by atoms with E-state index in [4.69, 9.17) is 5.10 Å².